The average Bonchev–Trinajstić information content (AvgIpc) is 3.58. The summed E-state index contributed by atoms with van der Waals surface area (Å²) in [6.07, 6.45) is 5.32. The summed E-state index contributed by atoms with van der Waals surface area (Å²) < 4.78 is 0. The predicted octanol–water partition coefficient (Wildman–Crippen LogP) is 4.82. The van der Waals surface area contributed by atoms with Crippen LogP contribution in [0.25, 0.3) is 55.2 Å². The molecule has 0 unspecified atom stereocenters. The second-order valence-electron chi connectivity index (χ2n) is 7.18. The van der Waals surface area contributed by atoms with Crippen molar-refractivity contribution >= 4 is 39.2 Å². The highest BCUT2D eigenvalue weighted by atomic mass is 32.1. The number of hydrogen-bond acceptors (Lipinski definition) is 6. The van der Waals surface area contributed by atoms with E-state index in [9.17, 15) is 4.79 Å². The molecule has 0 aliphatic carbocycles. The molecule has 6 heterocycles. The molecule has 0 spiro atoms. The lowest BCUT2D eigenvalue weighted by molar-refractivity contribution is 0.102. The molecule has 3 N–H and O–H groups in total. The van der Waals surface area contributed by atoms with Crippen molar-refractivity contribution in [1.82, 2.24) is 35.3 Å². The highest BCUT2D eigenvalue weighted by Crippen LogP contribution is 2.36. The number of pyridine rings is 2. The monoisotopic (exact) mass is 425 g/mol. The van der Waals surface area contributed by atoms with Crippen molar-refractivity contribution in [2.24, 2.45) is 0 Å². The zero-order valence-corrected chi connectivity index (χ0v) is 17.1. The number of nitrogens with zero attached hydrogens (tertiary/aromatic N) is 4. The third kappa shape index (κ3) is 2.86. The van der Waals surface area contributed by atoms with Crippen molar-refractivity contribution in [2.45, 2.75) is 6.92 Å². The number of fused-ring (bicyclic) bond motifs is 2. The number of carbonyl (C=O) groups is 1. The number of thiophene rings is 1. The number of Topliss-reactive ketones (excluding diaryl/α,β-unsaturated/α-hetero) is 1. The Morgan fingerprint density at radius 3 is 2.87 bits per heavy atom. The fourth-order valence-electron chi connectivity index (χ4n) is 3.68. The maximum atomic E-state index is 11.7. The Bertz CT molecular complexity index is 1570. The van der Waals surface area contributed by atoms with Gasteiger partial charge in [0.2, 0.25) is 0 Å². The summed E-state index contributed by atoms with van der Waals surface area (Å²) in [4.78, 5) is 26.1. The summed E-state index contributed by atoms with van der Waals surface area (Å²) in [7, 11) is 0. The van der Waals surface area contributed by atoms with Crippen LogP contribution in [0.1, 0.15) is 16.6 Å². The quantitative estimate of drug-likeness (QED) is 0.350. The van der Waals surface area contributed by atoms with Crippen LogP contribution in [0.15, 0.2) is 55.0 Å². The van der Waals surface area contributed by atoms with Crippen molar-refractivity contribution in [1.29, 1.82) is 0 Å². The molecule has 0 fully saturated rings. The molecule has 0 bridgehead atoms. The molecule has 6 aromatic heterocycles. The lowest BCUT2D eigenvalue weighted by Gasteiger charge is -1.98. The fourth-order valence-corrected chi connectivity index (χ4v) is 4.62. The maximum Gasteiger partial charge on any atom is 0.169 e. The van der Waals surface area contributed by atoms with E-state index in [1.165, 1.54) is 11.3 Å². The Kier molecular flexibility index (Phi) is 3.84. The van der Waals surface area contributed by atoms with Crippen molar-refractivity contribution in [3.8, 4) is 33.1 Å². The minimum absolute atomic E-state index is 0.0683. The third-order valence-electron chi connectivity index (χ3n) is 5.21. The maximum absolute atomic E-state index is 11.7. The molecule has 8 nitrogen and oxygen atoms in total. The smallest absolute Gasteiger partial charge is 0.169 e. The van der Waals surface area contributed by atoms with Crippen LogP contribution in [0.3, 0.4) is 0 Å². The Morgan fingerprint density at radius 1 is 1.13 bits per heavy atom. The van der Waals surface area contributed by atoms with Crippen LogP contribution in [-0.2, 0) is 0 Å². The molecule has 150 valence electrons. The third-order valence-corrected chi connectivity index (χ3v) is 6.43. The van der Waals surface area contributed by atoms with Gasteiger partial charge in [-0.3, -0.25) is 15.0 Å². The van der Waals surface area contributed by atoms with Gasteiger partial charge in [0, 0.05) is 33.8 Å². The van der Waals surface area contributed by atoms with E-state index >= 15 is 0 Å². The van der Waals surface area contributed by atoms with Gasteiger partial charge in [-0.1, -0.05) is 0 Å². The molecule has 0 amide bonds. The van der Waals surface area contributed by atoms with Gasteiger partial charge in [-0.05, 0) is 43.3 Å². The molecule has 0 aromatic carbocycles. The van der Waals surface area contributed by atoms with Crippen LogP contribution >= 0.6 is 11.3 Å². The molecule has 0 saturated carbocycles. The number of aromatic nitrogens is 7. The van der Waals surface area contributed by atoms with Crippen molar-refractivity contribution in [2.75, 3.05) is 0 Å². The number of nitrogens with one attached hydrogen (secondary N) is 3. The van der Waals surface area contributed by atoms with Crippen LogP contribution in [0.5, 0.6) is 0 Å². The van der Waals surface area contributed by atoms with Crippen LogP contribution in [0.2, 0.25) is 0 Å². The number of aromatic amines is 3. The topological polar surface area (TPSA) is 116 Å². The number of ketones is 1. The van der Waals surface area contributed by atoms with Gasteiger partial charge >= 0.3 is 0 Å². The first kappa shape index (κ1) is 17.7. The van der Waals surface area contributed by atoms with E-state index in [1.54, 1.807) is 19.3 Å². The summed E-state index contributed by atoms with van der Waals surface area (Å²) in [6, 6.07) is 11.7. The van der Waals surface area contributed by atoms with E-state index in [-0.39, 0.29) is 5.78 Å². The zero-order valence-electron chi connectivity index (χ0n) is 16.3. The van der Waals surface area contributed by atoms with E-state index in [4.69, 9.17) is 4.98 Å². The molecule has 31 heavy (non-hydrogen) atoms. The SMILES string of the molecule is CC(=O)c1ccc(-c2ccnc3[nH]c(-c4n[nH]c5ccc(-c6cn[nH]c6)nc45)cc23)s1. The van der Waals surface area contributed by atoms with Crippen LogP contribution in [-0.4, -0.2) is 41.1 Å². The fraction of sp³-hybridized carbons (Fsp3) is 0.0455. The van der Waals surface area contributed by atoms with Gasteiger partial charge in [0.15, 0.2) is 5.78 Å². The normalized spacial score (nSPS) is 11.5. The molecule has 0 radical (unpaired) electrons. The van der Waals surface area contributed by atoms with E-state index < -0.39 is 0 Å². The highest BCUT2D eigenvalue weighted by Gasteiger charge is 2.17. The van der Waals surface area contributed by atoms with E-state index in [0.29, 0.717) is 0 Å². The summed E-state index contributed by atoms with van der Waals surface area (Å²) in [6.45, 7) is 1.58. The van der Waals surface area contributed by atoms with E-state index in [0.717, 1.165) is 60.0 Å². The Hall–Kier alpha value is -4.11. The minimum Gasteiger partial charge on any atom is -0.338 e. The second-order valence-corrected chi connectivity index (χ2v) is 8.26. The van der Waals surface area contributed by atoms with Gasteiger partial charge in [0.1, 0.15) is 16.9 Å². The predicted molar refractivity (Wildman–Crippen MR) is 120 cm³/mol. The molecule has 0 saturated heterocycles. The number of rotatable bonds is 4. The number of carbonyl (C=O) groups excluding carboxylic acids is 1. The second kappa shape index (κ2) is 6.71. The molecule has 6 rings (SSSR count). The molecule has 0 aliphatic rings. The lowest BCUT2D eigenvalue weighted by Crippen LogP contribution is -1.84. The van der Waals surface area contributed by atoms with Crippen LogP contribution in [0.4, 0.5) is 0 Å². The minimum atomic E-state index is 0.0683. The molecule has 9 heteroatoms. The largest absolute Gasteiger partial charge is 0.338 e. The average molecular weight is 425 g/mol. The highest BCUT2D eigenvalue weighted by molar-refractivity contribution is 7.17. The first-order valence-corrected chi connectivity index (χ1v) is 10.4. The Morgan fingerprint density at radius 2 is 2.06 bits per heavy atom. The molecule has 0 aliphatic heterocycles. The summed E-state index contributed by atoms with van der Waals surface area (Å²) >= 11 is 1.48. The zero-order chi connectivity index (χ0) is 20.9. The van der Waals surface area contributed by atoms with Crippen molar-refractivity contribution in [3.63, 3.8) is 0 Å². The van der Waals surface area contributed by atoms with Gasteiger partial charge in [-0.25, -0.2) is 9.97 Å². The van der Waals surface area contributed by atoms with Gasteiger partial charge < -0.3 is 4.98 Å². The molecular weight excluding hydrogens is 410 g/mol. The van der Waals surface area contributed by atoms with Crippen LogP contribution in [0, 0.1) is 0 Å². The van der Waals surface area contributed by atoms with Crippen molar-refractivity contribution < 1.29 is 4.79 Å². The van der Waals surface area contributed by atoms with Gasteiger partial charge in [-0.2, -0.15) is 10.2 Å². The first-order valence-electron chi connectivity index (χ1n) is 9.61. The Labute approximate surface area is 179 Å². The molecule has 0 atom stereocenters. The van der Waals surface area contributed by atoms with Gasteiger partial charge in [-0.15, -0.1) is 11.3 Å². The van der Waals surface area contributed by atoms with Crippen LogP contribution < -0.4 is 0 Å². The number of H-pyrrole nitrogens is 3. The van der Waals surface area contributed by atoms with E-state index in [2.05, 4.69) is 30.4 Å². The molecular formula is C22H15N7OS. The summed E-state index contributed by atoms with van der Waals surface area (Å²) in [5.41, 5.74) is 6.66. The van der Waals surface area contributed by atoms with Gasteiger partial charge in [0.25, 0.3) is 0 Å². The van der Waals surface area contributed by atoms with Gasteiger partial charge in [0.05, 0.1) is 28.0 Å². The standard InChI is InChI=1S/C22H15N7OS/c1-11(30)18-4-5-19(31-18)13-6-7-23-22-14(13)8-17(27-22)21-20-16(28-29-21)3-2-15(26-20)12-9-24-25-10-12/h2-10H,1H3,(H,23,27)(H,24,25)(H,28,29). The summed E-state index contributed by atoms with van der Waals surface area (Å²) in [5.74, 6) is 0.0683. The first-order chi connectivity index (χ1) is 15.2. The lowest BCUT2D eigenvalue weighted by atomic mass is 10.1. The molecule has 6 aromatic rings. The Balaban J connectivity index is 1.50. The van der Waals surface area contributed by atoms with Crippen molar-refractivity contribution in [3.05, 3.63) is 59.9 Å². The summed E-state index contributed by atoms with van der Waals surface area (Å²) in [5, 5.41) is 15.3. The number of hydrogen-bond donors (Lipinski definition) is 3. The van der Waals surface area contributed by atoms with E-state index in [1.807, 2.05) is 42.6 Å².